The average Bonchev–Trinajstić information content (AvgIpc) is 3.13. The summed E-state index contributed by atoms with van der Waals surface area (Å²) in [6.07, 6.45) is 2.92. The molecule has 7 nitrogen and oxygen atoms in total. The zero-order chi connectivity index (χ0) is 17.7. The van der Waals surface area contributed by atoms with Crippen molar-refractivity contribution in [3.8, 4) is 5.88 Å². The number of nitrogens with zero attached hydrogens (tertiary/aromatic N) is 3. The molecule has 2 atom stereocenters. The summed E-state index contributed by atoms with van der Waals surface area (Å²) in [4.78, 5) is 14.7. The van der Waals surface area contributed by atoms with Crippen LogP contribution in [0.3, 0.4) is 0 Å². The van der Waals surface area contributed by atoms with Crippen LogP contribution >= 0.6 is 0 Å². The molecule has 0 saturated carbocycles. The van der Waals surface area contributed by atoms with E-state index in [1.165, 1.54) is 0 Å². The van der Waals surface area contributed by atoms with Crippen LogP contribution in [0.15, 0.2) is 0 Å². The monoisotopic (exact) mass is 338 g/mol. The Morgan fingerprint density at radius 2 is 2.21 bits per heavy atom. The molecular formula is C17H30N4O3. The van der Waals surface area contributed by atoms with Gasteiger partial charge in [-0.2, -0.15) is 5.10 Å². The molecule has 1 aliphatic heterocycles. The number of amides is 1. The summed E-state index contributed by atoms with van der Waals surface area (Å²) in [5.74, 6) is 0.857. The maximum atomic E-state index is 12.5. The second-order valence-electron chi connectivity index (χ2n) is 6.34. The third-order valence-electron chi connectivity index (χ3n) is 4.74. The summed E-state index contributed by atoms with van der Waals surface area (Å²) in [6, 6.07) is -0.00210. The largest absolute Gasteiger partial charge is 0.481 e. The van der Waals surface area contributed by atoms with Crippen LogP contribution in [-0.4, -0.2) is 60.5 Å². The van der Waals surface area contributed by atoms with E-state index in [9.17, 15) is 4.79 Å². The topological polar surface area (TPSA) is 68.6 Å². The molecule has 0 unspecified atom stereocenters. The molecule has 136 valence electrons. The number of aryl methyl sites for hydroxylation is 2. The minimum absolute atomic E-state index is 0.0681. The molecule has 0 bridgehead atoms. The number of carbonyl (C=O) groups excluding carboxylic acids is 1. The molecule has 1 saturated heterocycles. The smallest absolute Gasteiger partial charge is 0.237 e. The summed E-state index contributed by atoms with van der Waals surface area (Å²) in [5.41, 5.74) is 2.08. The van der Waals surface area contributed by atoms with Gasteiger partial charge < -0.3 is 14.8 Å². The molecule has 2 rings (SSSR count). The zero-order valence-electron chi connectivity index (χ0n) is 15.5. The highest BCUT2D eigenvalue weighted by Gasteiger charge is 2.36. The fourth-order valence-corrected chi connectivity index (χ4v) is 3.57. The van der Waals surface area contributed by atoms with Gasteiger partial charge in [0.25, 0.3) is 0 Å². The number of carbonyl (C=O) groups is 1. The third kappa shape index (κ3) is 3.89. The molecule has 0 aromatic carbocycles. The summed E-state index contributed by atoms with van der Waals surface area (Å²) in [5, 5.41) is 7.49. The van der Waals surface area contributed by atoms with Gasteiger partial charge in [0.15, 0.2) is 0 Å². The van der Waals surface area contributed by atoms with E-state index in [-0.39, 0.29) is 18.0 Å². The second kappa shape index (κ2) is 8.48. The summed E-state index contributed by atoms with van der Waals surface area (Å²) in [7, 11) is 5.23. The van der Waals surface area contributed by atoms with Crippen molar-refractivity contribution in [2.45, 2.75) is 45.2 Å². The van der Waals surface area contributed by atoms with Gasteiger partial charge in [-0.3, -0.25) is 9.69 Å². The van der Waals surface area contributed by atoms with Gasteiger partial charge in [0, 0.05) is 33.4 Å². The Morgan fingerprint density at radius 1 is 1.46 bits per heavy atom. The molecule has 1 aromatic heterocycles. The normalized spacial score (nSPS) is 19.5. The lowest BCUT2D eigenvalue weighted by Crippen LogP contribution is -2.45. The quantitative estimate of drug-likeness (QED) is 0.726. The van der Waals surface area contributed by atoms with Gasteiger partial charge in [-0.15, -0.1) is 0 Å². The summed E-state index contributed by atoms with van der Waals surface area (Å²) < 4.78 is 12.3. The molecule has 7 heteroatoms. The number of nitrogens with one attached hydrogen (secondary N) is 1. The number of hydrogen-bond donors (Lipinski definition) is 1. The van der Waals surface area contributed by atoms with Gasteiger partial charge in [0.1, 0.15) is 0 Å². The number of hydrogen-bond acceptors (Lipinski definition) is 5. The number of rotatable bonds is 8. The lowest BCUT2D eigenvalue weighted by atomic mass is 10.0. The van der Waals surface area contributed by atoms with E-state index in [1.54, 1.807) is 18.9 Å². The Balaban J connectivity index is 2.09. The van der Waals surface area contributed by atoms with Crippen LogP contribution in [0.25, 0.3) is 0 Å². The first kappa shape index (κ1) is 18.7. The highest BCUT2D eigenvalue weighted by molar-refractivity contribution is 5.81. The van der Waals surface area contributed by atoms with E-state index < -0.39 is 0 Å². The number of likely N-dealkylation sites (tertiary alicyclic amines) is 1. The summed E-state index contributed by atoms with van der Waals surface area (Å²) >= 11 is 0. The molecule has 1 amide bonds. The minimum atomic E-state index is -0.177. The van der Waals surface area contributed by atoms with E-state index in [2.05, 4.69) is 15.3 Å². The third-order valence-corrected chi connectivity index (χ3v) is 4.74. The Morgan fingerprint density at radius 3 is 2.88 bits per heavy atom. The van der Waals surface area contributed by atoms with Crippen LogP contribution in [0, 0.1) is 6.92 Å². The lowest BCUT2D eigenvalue weighted by Gasteiger charge is -2.30. The predicted octanol–water partition coefficient (Wildman–Crippen LogP) is 1.42. The standard InChI is InChI=1S/C17H30N4O3/c1-12-15(17(24-5)20(3)19-12)14-8-6-10-21(14)13(2)16(22)18-9-7-11-23-4/h13-14H,6-11H2,1-5H3,(H,18,22)/t13-,14-/m1/s1. The van der Waals surface area contributed by atoms with Crippen LogP contribution in [-0.2, 0) is 16.6 Å². The van der Waals surface area contributed by atoms with Gasteiger partial charge in [0.2, 0.25) is 11.8 Å². The van der Waals surface area contributed by atoms with Gasteiger partial charge in [0.05, 0.1) is 24.4 Å². The molecule has 1 aromatic rings. The van der Waals surface area contributed by atoms with Crippen molar-refractivity contribution in [1.29, 1.82) is 0 Å². The van der Waals surface area contributed by atoms with E-state index in [0.29, 0.717) is 13.2 Å². The van der Waals surface area contributed by atoms with Crippen LogP contribution in [0.4, 0.5) is 0 Å². The minimum Gasteiger partial charge on any atom is -0.481 e. The molecule has 0 spiro atoms. The van der Waals surface area contributed by atoms with Crippen LogP contribution < -0.4 is 10.1 Å². The van der Waals surface area contributed by atoms with Crippen molar-refractivity contribution in [3.63, 3.8) is 0 Å². The zero-order valence-corrected chi connectivity index (χ0v) is 15.5. The van der Waals surface area contributed by atoms with Gasteiger partial charge in [-0.05, 0) is 39.7 Å². The molecule has 0 radical (unpaired) electrons. The predicted molar refractivity (Wildman–Crippen MR) is 92.1 cm³/mol. The van der Waals surface area contributed by atoms with Crippen molar-refractivity contribution in [2.75, 3.05) is 33.9 Å². The molecule has 2 heterocycles. The van der Waals surface area contributed by atoms with Gasteiger partial charge >= 0.3 is 0 Å². The first-order valence-electron chi connectivity index (χ1n) is 8.61. The molecule has 1 aliphatic rings. The highest BCUT2D eigenvalue weighted by Crippen LogP contribution is 2.39. The molecule has 1 N–H and O–H groups in total. The Bertz CT molecular complexity index is 558. The maximum absolute atomic E-state index is 12.5. The van der Waals surface area contributed by atoms with Crippen molar-refractivity contribution >= 4 is 5.91 Å². The fraction of sp³-hybridized carbons (Fsp3) is 0.765. The molecular weight excluding hydrogens is 308 g/mol. The van der Waals surface area contributed by atoms with E-state index in [4.69, 9.17) is 9.47 Å². The lowest BCUT2D eigenvalue weighted by molar-refractivity contribution is -0.126. The van der Waals surface area contributed by atoms with Crippen molar-refractivity contribution in [1.82, 2.24) is 20.0 Å². The van der Waals surface area contributed by atoms with Gasteiger partial charge in [-0.1, -0.05) is 0 Å². The first-order chi connectivity index (χ1) is 11.5. The Labute approximate surface area is 144 Å². The van der Waals surface area contributed by atoms with E-state index in [1.807, 2.05) is 20.9 Å². The fourth-order valence-electron chi connectivity index (χ4n) is 3.57. The van der Waals surface area contributed by atoms with Crippen molar-refractivity contribution < 1.29 is 14.3 Å². The second-order valence-corrected chi connectivity index (χ2v) is 6.34. The SMILES string of the molecule is COCCCNC(=O)[C@@H](C)N1CCC[C@@H]1c1c(C)nn(C)c1OC. The highest BCUT2D eigenvalue weighted by atomic mass is 16.5. The van der Waals surface area contributed by atoms with E-state index in [0.717, 1.165) is 42.9 Å². The average molecular weight is 338 g/mol. The van der Waals surface area contributed by atoms with Crippen molar-refractivity contribution in [2.24, 2.45) is 7.05 Å². The number of ether oxygens (including phenoxy) is 2. The maximum Gasteiger partial charge on any atom is 0.237 e. The molecule has 1 fully saturated rings. The number of methoxy groups -OCH3 is 2. The Hall–Kier alpha value is -1.60. The first-order valence-corrected chi connectivity index (χ1v) is 8.61. The van der Waals surface area contributed by atoms with E-state index >= 15 is 0 Å². The molecule has 24 heavy (non-hydrogen) atoms. The van der Waals surface area contributed by atoms with Crippen LogP contribution in [0.1, 0.15) is 43.5 Å². The van der Waals surface area contributed by atoms with Crippen molar-refractivity contribution in [3.05, 3.63) is 11.3 Å². The number of aromatic nitrogens is 2. The van der Waals surface area contributed by atoms with Crippen LogP contribution in [0.2, 0.25) is 0 Å². The Kier molecular flexibility index (Phi) is 6.62. The van der Waals surface area contributed by atoms with Gasteiger partial charge in [-0.25, -0.2) is 4.68 Å². The van der Waals surface area contributed by atoms with Crippen LogP contribution in [0.5, 0.6) is 5.88 Å². The molecule has 0 aliphatic carbocycles. The summed E-state index contributed by atoms with van der Waals surface area (Å²) in [6.45, 7) is 6.19.